The van der Waals surface area contributed by atoms with Crippen molar-refractivity contribution in [1.29, 1.82) is 0 Å². The molecule has 0 bridgehead atoms. The van der Waals surface area contributed by atoms with E-state index in [0.717, 1.165) is 111 Å². The minimum Gasteiger partial charge on any atom is -0.453 e. The Morgan fingerprint density at radius 3 is 0.906 bits per heavy atom. The summed E-state index contributed by atoms with van der Waals surface area (Å²) in [6.07, 6.45) is 0. The number of para-hydroxylation sites is 6. The van der Waals surface area contributed by atoms with Gasteiger partial charge in [-0.05, 0) is 82.9 Å². The van der Waals surface area contributed by atoms with Gasteiger partial charge in [0.2, 0.25) is 0 Å². The highest BCUT2D eigenvalue weighted by molar-refractivity contribution is 6.15. The summed E-state index contributed by atoms with van der Waals surface area (Å²) in [5.41, 5.74) is 16.3. The van der Waals surface area contributed by atoms with Crippen molar-refractivity contribution in [3.05, 3.63) is 243 Å². The van der Waals surface area contributed by atoms with Crippen LogP contribution in [-0.2, 0) is 0 Å². The molecule has 12 aromatic rings. The molecule has 302 valence electrons. The van der Waals surface area contributed by atoms with Crippen molar-refractivity contribution in [1.82, 2.24) is 0 Å². The molecule has 10 aromatic carbocycles. The van der Waals surface area contributed by atoms with E-state index in [1.54, 1.807) is 0 Å². The first kappa shape index (κ1) is 37.2. The molecule has 0 saturated carbocycles. The number of hydrogen-bond acceptors (Lipinski definition) is 4. The van der Waals surface area contributed by atoms with E-state index < -0.39 is 0 Å². The minimum atomic E-state index is 0.849. The lowest BCUT2D eigenvalue weighted by Crippen LogP contribution is -2.10. The van der Waals surface area contributed by atoms with Gasteiger partial charge in [-0.25, -0.2) is 0 Å². The molecule has 0 atom stereocenters. The average molecular weight is 821 g/mol. The molecule has 0 unspecified atom stereocenters. The Labute approximate surface area is 371 Å². The van der Waals surface area contributed by atoms with E-state index >= 15 is 0 Å². The number of furan rings is 2. The van der Waals surface area contributed by atoms with Gasteiger partial charge < -0.3 is 18.6 Å². The lowest BCUT2D eigenvalue weighted by molar-refractivity contribution is 0.670. The van der Waals surface area contributed by atoms with Gasteiger partial charge in [0, 0.05) is 55.4 Å². The number of nitrogens with zero attached hydrogens (tertiary/aromatic N) is 2. The van der Waals surface area contributed by atoms with Gasteiger partial charge in [-0.3, -0.25) is 0 Å². The molecule has 0 fully saturated rings. The van der Waals surface area contributed by atoms with Crippen LogP contribution in [0.4, 0.5) is 34.1 Å². The maximum Gasteiger partial charge on any atom is 0.159 e. The van der Waals surface area contributed by atoms with Gasteiger partial charge in [0.1, 0.15) is 11.2 Å². The van der Waals surface area contributed by atoms with E-state index in [0.29, 0.717) is 0 Å². The summed E-state index contributed by atoms with van der Waals surface area (Å²) in [6.45, 7) is 0. The zero-order chi connectivity index (χ0) is 42.4. The quantitative estimate of drug-likeness (QED) is 0.145. The first-order chi connectivity index (χ1) is 31.8. The van der Waals surface area contributed by atoms with Gasteiger partial charge in [-0.2, -0.15) is 0 Å². The second-order valence-electron chi connectivity index (χ2n) is 16.0. The Morgan fingerprint density at radius 2 is 0.531 bits per heavy atom. The largest absolute Gasteiger partial charge is 0.453 e. The fourth-order valence-electron chi connectivity index (χ4n) is 9.27. The zero-order valence-electron chi connectivity index (χ0n) is 34.8. The van der Waals surface area contributed by atoms with Crippen molar-refractivity contribution in [2.24, 2.45) is 0 Å². The Balaban J connectivity index is 0.918. The molecule has 0 aliphatic carbocycles. The lowest BCUT2D eigenvalue weighted by atomic mass is 10.0. The average Bonchev–Trinajstić information content (AvgIpc) is 3.96. The summed E-state index contributed by atoms with van der Waals surface area (Å²) in [7, 11) is 0. The molecular weight excluding hydrogens is 781 g/mol. The summed E-state index contributed by atoms with van der Waals surface area (Å²) >= 11 is 0. The predicted octanol–water partition coefficient (Wildman–Crippen LogP) is 17.4. The summed E-state index contributed by atoms with van der Waals surface area (Å²) < 4.78 is 13.8. The van der Waals surface area contributed by atoms with Crippen molar-refractivity contribution in [2.75, 3.05) is 9.80 Å². The third-order valence-corrected chi connectivity index (χ3v) is 12.3. The Morgan fingerprint density at radius 1 is 0.219 bits per heavy atom. The van der Waals surface area contributed by atoms with E-state index in [1.807, 2.05) is 12.1 Å². The molecule has 0 N–H and O–H groups in total. The molecule has 64 heavy (non-hydrogen) atoms. The van der Waals surface area contributed by atoms with Gasteiger partial charge >= 0.3 is 0 Å². The SMILES string of the molecule is c1ccc(-c2cccc3c2oc2c(N(c4ccccc4)c4ccc(-c5ccc(N(c6ccccc6)c6cccc7c6oc6c(-c8ccccc8)cccc67)cc5)cc4)cccc23)cc1. The second kappa shape index (κ2) is 15.7. The third kappa shape index (κ3) is 6.40. The molecule has 12 rings (SSSR count). The molecule has 0 aliphatic heterocycles. The van der Waals surface area contributed by atoms with Crippen LogP contribution in [0.15, 0.2) is 251 Å². The molecule has 0 radical (unpaired) electrons. The van der Waals surface area contributed by atoms with Crippen LogP contribution in [0.25, 0.3) is 77.3 Å². The van der Waals surface area contributed by atoms with Crippen LogP contribution >= 0.6 is 0 Å². The van der Waals surface area contributed by atoms with Crippen LogP contribution in [0.2, 0.25) is 0 Å². The van der Waals surface area contributed by atoms with Crippen LogP contribution in [0, 0.1) is 0 Å². The fraction of sp³-hybridized carbons (Fsp3) is 0. The number of hydrogen-bond donors (Lipinski definition) is 0. The highest BCUT2D eigenvalue weighted by Crippen LogP contribution is 2.46. The molecule has 0 aliphatic rings. The standard InChI is InChI=1S/C60H40N2O2/c1-5-17-43(18-6-1)49-25-13-27-51-53-29-15-31-55(59(53)63-57(49)51)61(45-21-9-3-10-22-45)47-37-33-41(34-38-47)42-35-39-48(40-36-42)62(46-23-11-4-12-24-46)56-32-16-30-54-52-28-14-26-50(58(52)64-60(54)56)44-19-7-2-8-20-44/h1-40H. The van der Waals surface area contributed by atoms with E-state index in [-0.39, 0.29) is 0 Å². The van der Waals surface area contributed by atoms with E-state index in [2.05, 4.69) is 240 Å². The third-order valence-electron chi connectivity index (χ3n) is 12.3. The molecule has 2 aromatic heterocycles. The van der Waals surface area contributed by atoms with E-state index in [1.165, 1.54) is 0 Å². The van der Waals surface area contributed by atoms with Crippen LogP contribution in [-0.4, -0.2) is 0 Å². The minimum absolute atomic E-state index is 0.849. The molecule has 4 heteroatoms. The van der Waals surface area contributed by atoms with Gasteiger partial charge in [0.25, 0.3) is 0 Å². The van der Waals surface area contributed by atoms with Crippen LogP contribution in [0.5, 0.6) is 0 Å². The highest BCUT2D eigenvalue weighted by Gasteiger charge is 2.23. The van der Waals surface area contributed by atoms with Crippen molar-refractivity contribution < 1.29 is 8.83 Å². The number of rotatable bonds is 9. The van der Waals surface area contributed by atoms with E-state index in [4.69, 9.17) is 8.83 Å². The first-order valence-corrected chi connectivity index (χ1v) is 21.7. The van der Waals surface area contributed by atoms with Crippen molar-refractivity contribution in [2.45, 2.75) is 0 Å². The molecule has 0 saturated heterocycles. The summed E-state index contributed by atoms with van der Waals surface area (Å²) in [4.78, 5) is 4.58. The lowest BCUT2D eigenvalue weighted by Gasteiger charge is -2.26. The van der Waals surface area contributed by atoms with Crippen LogP contribution in [0.1, 0.15) is 0 Å². The maximum absolute atomic E-state index is 6.89. The van der Waals surface area contributed by atoms with E-state index in [9.17, 15) is 0 Å². The van der Waals surface area contributed by atoms with Gasteiger partial charge in [0.05, 0.1) is 11.4 Å². The molecule has 0 spiro atoms. The van der Waals surface area contributed by atoms with Crippen LogP contribution < -0.4 is 9.80 Å². The predicted molar refractivity (Wildman–Crippen MR) is 267 cm³/mol. The first-order valence-electron chi connectivity index (χ1n) is 21.7. The Hall–Kier alpha value is -8.60. The summed E-state index contributed by atoms with van der Waals surface area (Å²) in [5.74, 6) is 0. The smallest absolute Gasteiger partial charge is 0.159 e. The monoisotopic (exact) mass is 820 g/mol. The van der Waals surface area contributed by atoms with Crippen LogP contribution in [0.3, 0.4) is 0 Å². The number of benzene rings is 10. The second-order valence-corrected chi connectivity index (χ2v) is 16.0. The zero-order valence-corrected chi connectivity index (χ0v) is 34.8. The normalized spacial score (nSPS) is 11.4. The van der Waals surface area contributed by atoms with Crippen molar-refractivity contribution >= 4 is 78.0 Å². The maximum atomic E-state index is 6.89. The summed E-state index contributed by atoms with van der Waals surface area (Å²) in [5, 5.41) is 4.37. The topological polar surface area (TPSA) is 32.8 Å². The van der Waals surface area contributed by atoms with Gasteiger partial charge in [0.15, 0.2) is 11.2 Å². The van der Waals surface area contributed by atoms with Gasteiger partial charge in [-0.1, -0.05) is 182 Å². The number of fused-ring (bicyclic) bond motifs is 6. The molecule has 2 heterocycles. The molecular formula is C60H40N2O2. The highest BCUT2D eigenvalue weighted by atomic mass is 16.3. The Bertz CT molecular complexity index is 3340. The molecule has 0 amide bonds. The molecule has 4 nitrogen and oxygen atoms in total. The number of anilines is 6. The summed E-state index contributed by atoms with van der Waals surface area (Å²) in [6, 6.07) is 85.3. The fourth-order valence-corrected chi connectivity index (χ4v) is 9.27. The van der Waals surface area contributed by atoms with Crippen molar-refractivity contribution in [3.63, 3.8) is 0 Å². The van der Waals surface area contributed by atoms with Gasteiger partial charge in [-0.15, -0.1) is 0 Å². The Kier molecular flexibility index (Phi) is 9.12. The van der Waals surface area contributed by atoms with Crippen molar-refractivity contribution in [3.8, 4) is 33.4 Å².